The van der Waals surface area contributed by atoms with Crippen molar-refractivity contribution in [3.8, 4) is 0 Å². The Labute approximate surface area is 149 Å². The van der Waals surface area contributed by atoms with Crippen LogP contribution in [0.1, 0.15) is 37.5 Å². The molecule has 0 N–H and O–H groups in total. The van der Waals surface area contributed by atoms with Crippen molar-refractivity contribution in [2.75, 3.05) is 11.9 Å². The third kappa shape index (κ3) is 2.11. The van der Waals surface area contributed by atoms with E-state index in [4.69, 9.17) is 0 Å². The normalized spacial score (nSPS) is 21.0. The van der Waals surface area contributed by atoms with Gasteiger partial charge in [-0.2, -0.15) is 0 Å². The minimum atomic E-state index is 0.0260. The van der Waals surface area contributed by atoms with Gasteiger partial charge in [-0.1, -0.05) is 55.9 Å². The van der Waals surface area contributed by atoms with Crippen LogP contribution in [-0.2, 0) is 5.41 Å². The van der Waals surface area contributed by atoms with E-state index in [-0.39, 0.29) is 5.41 Å². The molecule has 0 amide bonds. The van der Waals surface area contributed by atoms with Gasteiger partial charge in [-0.15, -0.1) is 0 Å². The predicted octanol–water partition coefficient (Wildman–Crippen LogP) is 5.35. The van der Waals surface area contributed by atoms with Gasteiger partial charge in [0, 0.05) is 34.7 Å². The first-order valence-corrected chi connectivity index (χ1v) is 9.33. The van der Waals surface area contributed by atoms with Crippen LogP contribution in [0.3, 0.4) is 0 Å². The molecule has 0 spiro atoms. The van der Waals surface area contributed by atoms with Crippen LogP contribution in [0, 0.1) is 6.92 Å². The van der Waals surface area contributed by atoms with Crippen molar-refractivity contribution in [2.45, 2.75) is 49.1 Å². The first-order valence-electron chi connectivity index (χ1n) is 8.51. The molecule has 24 heavy (non-hydrogen) atoms. The molecule has 0 bridgehead atoms. The average molecular weight is 337 g/mol. The maximum atomic E-state index is 2.41. The summed E-state index contributed by atoms with van der Waals surface area (Å²) in [5.74, 6) is 0. The molecule has 4 rings (SSSR count). The molecule has 0 aliphatic carbocycles. The van der Waals surface area contributed by atoms with E-state index in [1.165, 1.54) is 32.2 Å². The first-order chi connectivity index (χ1) is 11.4. The highest BCUT2D eigenvalue weighted by molar-refractivity contribution is 7.99. The Balaban J connectivity index is 1.93. The van der Waals surface area contributed by atoms with Crippen LogP contribution in [-0.4, -0.2) is 18.1 Å². The molecule has 0 aromatic heterocycles. The van der Waals surface area contributed by atoms with E-state index in [1.807, 2.05) is 11.8 Å². The summed E-state index contributed by atoms with van der Waals surface area (Å²) in [4.78, 5) is 7.45. The van der Waals surface area contributed by atoms with E-state index < -0.39 is 0 Å². The minimum Gasteiger partial charge on any atom is -0.359 e. The van der Waals surface area contributed by atoms with Gasteiger partial charge in [-0.05, 0) is 36.6 Å². The van der Waals surface area contributed by atoms with E-state index in [2.05, 4.69) is 93.3 Å². The lowest BCUT2D eigenvalue weighted by atomic mass is 9.77. The summed E-state index contributed by atoms with van der Waals surface area (Å²) in [6, 6.07) is 13.4. The third-order valence-corrected chi connectivity index (χ3v) is 6.68. The van der Waals surface area contributed by atoms with Gasteiger partial charge in [0.2, 0.25) is 0 Å². The monoisotopic (exact) mass is 336 g/mol. The zero-order valence-electron chi connectivity index (χ0n) is 15.0. The van der Waals surface area contributed by atoms with E-state index in [1.54, 1.807) is 0 Å². The number of anilines is 1. The second-order valence-corrected chi connectivity index (χ2v) is 8.39. The summed E-state index contributed by atoms with van der Waals surface area (Å²) in [5, 5.41) is 0. The Morgan fingerprint density at radius 1 is 1.00 bits per heavy atom. The number of nitrogens with zero attached hydrogens (tertiary/aromatic N) is 2. The van der Waals surface area contributed by atoms with Gasteiger partial charge in [-0.3, -0.25) is 0 Å². The van der Waals surface area contributed by atoms with Gasteiger partial charge < -0.3 is 9.80 Å². The molecule has 2 aromatic rings. The molecule has 2 aromatic carbocycles. The third-order valence-electron chi connectivity index (χ3n) is 5.49. The molecule has 2 nitrogen and oxygen atoms in total. The standard InChI is InChI=1S/C21H24N2S/c1-14-10-11-17-20(19(14)23-13-12-22(5)15(23)2)24-18-9-7-6-8-16(18)21(17,3)4/h6-13,15H,1-5H3/t15-/m0/s1. The number of hydrogen-bond acceptors (Lipinski definition) is 3. The minimum absolute atomic E-state index is 0.0260. The Kier molecular flexibility index (Phi) is 3.47. The molecule has 124 valence electrons. The van der Waals surface area contributed by atoms with Gasteiger partial charge in [0.05, 0.1) is 5.69 Å². The summed E-state index contributed by atoms with van der Waals surface area (Å²) in [7, 11) is 2.14. The molecule has 0 saturated carbocycles. The van der Waals surface area contributed by atoms with Crippen LogP contribution in [0.2, 0.25) is 0 Å². The van der Waals surface area contributed by atoms with Crippen molar-refractivity contribution in [1.29, 1.82) is 0 Å². The van der Waals surface area contributed by atoms with E-state index >= 15 is 0 Å². The van der Waals surface area contributed by atoms with Crippen LogP contribution < -0.4 is 4.90 Å². The maximum absolute atomic E-state index is 2.41. The smallest absolute Gasteiger partial charge is 0.102 e. The quantitative estimate of drug-likeness (QED) is 0.693. The zero-order valence-corrected chi connectivity index (χ0v) is 15.8. The van der Waals surface area contributed by atoms with Crippen LogP contribution in [0.4, 0.5) is 5.69 Å². The molecule has 0 saturated heterocycles. The fourth-order valence-electron chi connectivity index (χ4n) is 3.80. The molecule has 2 aliphatic rings. The predicted molar refractivity (Wildman–Crippen MR) is 103 cm³/mol. The van der Waals surface area contributed by atoms with Crippen molar-refractivity contribution < 1.29 is 0 Å². The van der Waals surface area contributed by atoms with Crippen molar-refractivity contribution >= 4 is 17.4 Å². The molecule has 0 radical (unpaired) electrons. The van der Waals surface area contributed by atoms with Gasteiger partial charge in [0.1, 0.15) is 6.17 Å². The summed E-state index contributed by atoms with van der Waals surface area (Å²) >= 11 is 1.92. The van der Waals surface area contributed by atoms with Gasteiger partial charge in [0.25, 0.3) is 0 Å². The van der Waals surface area contributed by atoms with Gasteiger partial charge >= 0.3 is 0 Å². The lowest BCUT2D eigenvalue weighted by Gasteiger charge is -2.38. The lowest BCUT2D eigenvalue weighted by molar-refractivity contribution is 0.382. The van der Waals surface area contributed by atoms with Gasteiger partial charge in [-0.25, -0.2) is 0 Å². The van der Waals surface area contributed by atoms with Crippen molar-refractivity contribution in [3.05, 3.63) is 65.5 Å². The van der Waals surface area contributed by atoms with E-state index in [0.29, 0.717) is 6.17 Å². The number of aryl methyl sites for hydroxylation is 1. The fraction of sp³-hybridized carbons (Fsp3) is 0.333. The molecule has 1 atom stereocenters. The van der Waals surface area contributed by atoms with Crippen LogP contribution >= 0.6 is 11.8 Å². The van der Waals surface area contributed by atoms with Crippen LogP contribution in [0.5, 0.6) is 0 Å². The summed E-state index contributed by atoms with van der Waals surface area (Å²) in [6.45, 7) is 9.17. The van der Waals surface area contributed by atoms with Crippen LogP contribution in [0.15, 0.2) is 58.6 Å². The van der Waals surface area contributed by atoms with E-state index in [9.17, 15) is 0 Å². The van der Waals surface area contributed by atoms with Crippen molar-refractivity contribution in [2.24, 2.45) is 0 Å². The Hall–Kier alpha value is -1.87. The Bertz CT molecular complexity index is 838. The Morgan fingerprint density at radius 2 is 1.75 bits per heavy atom. The first kappa shape index (κ1) is 15.6. The molecular formula is C21H24N2S. The topological polar surface area (TPSA) is 6.48 Å². The second kappa shape index (κ2) is 5.32. The van der Waals surface area contributed by atoms with E-state index in [0.717, 1.165) is 0 Å². The molecule has 2 heterocycles. The van der Waals surface area contributed by atoms with Crippen molar-refractivity contribution in [1.82, 2.24) is 4.90 Å². The molecule has 0 unspecified atom stereocenters. The second-order valence-electron chi connectivity index (χ2n) is 7.33. The number of benzene rings is 2. The molecular weight excluding hydrogens is 312 g/mol. The van der Waals surface area contributed by atoms with Crippen LogP contribution in [0.25, 0.3) is 0 Å². The van der Waals surface area contributed by atoms with Gasteiger partial charge in [0.15, 0.2) is 0 Å². The zero-order chi connectivity index (χ0) is 17.1. The average Bonchev–Trinajstić information content (AvgIpc) is 2.87. The SMILES string of the molecule is Cc1ccc2c(c1N1C=CN(C)[C@@H]1C)Sc1ccccc1C2(C)C. The number of fused-ring (bicyclic) bond motifs is 2. The molecule has 0 fully saturated rings. The maximum Gasteiger partial charge on any atom is 0.102 e. The Morgan fingerprint density at radius 3 is 2.46 bits per heavy atom. The molecule has 3 heteroatoms. The summed E-state index contributed by atoms with van der Waals surface area (Å²) in [6.07, 6.45) is 4.72. The summed E-state index contributed by atoms with van der Waals surface area (Å²) in [5.41, 5.74) is 5.58. The highest BCUT2D eigenvalue weighted by Crippen LogP contribution is 2.53. The number of rotatable bonds is 1. The highest BCUT2D eigenvalue weighted by Gasteiger charge is 2.36. The van der Waals surface area contributed by atoms with Crippen molar-refractivity contribution in [3.63, 3.8) is 0 Å². The molecule has 2 aliphatic heterocycles. The highest BCUT2D eigenvalue weighted by atomic mass is 32.2. The number of hydrogen-bond donors (Lipinski definition) is 0. The largest absolute Gasteiger partial charge is 0.359 e. The fourth-order valence-corrected chi connectivity index (χ4v) is 5.39. The lowest BCUT2D eigenvalue weighted by Crippen LogP contribution is -2.35. The summed E-state index contributed by atoms with van der Waals surface area (Å²) < 4.78 is 0.